The minimum atomic E-state index is -0.890. The van der Waals surface area contributed by atoms with E-state index in [9.17, 15) is 9.59 Å². The first-order valence-corrected chi connectivity index (χ1v) is 6.67. The van der Waals surface area contributed by atoms with Crippen LogP contribution in [0.4, 0.5) is 4.79 Å². The largest absolute Gasteiger partial charge is 0.457 e. The predicted molar refractivity (Wildman–Crippen MR) is 71.4 cm³/mol. The maximum absolute atomic E-state index is 11.2. The van der Waals surface area contributed by atoms with Crippen molar-refractivity contribution in [3.63, 3.8) is 0 Å². The second-order valence-corrected chi connectivity index (χ2v) is 4.28. The third kappa shape index (κ3) is 11.1. The van der Waals surface area contributed by atoms with Crippen molar-refractivity contribution in [1.82, 2.24) is 5.48 Å². The number of nitrogens with one attached hydrogen (secondary N) is 1. The lowest BCUT2D eigenvalue weighted by Gasteiger charge is -2.03. The zero-order valence-electron chi connectivity index (χ0n) is 11.2. The highest BCUT2D eigenvalue weighted by molar-refractivity contribution is 5.78. The van der Waals surface area contributed by atoms with Crippen LogP contribution < -0.4 is 5.48 Å². The Hall–Kier alpha value is -1.39. The van der Waals surface area contributed by atoms with E-state index in [1.807, 2.05) is 5.48 Å². The highest BCUT2D eigenvalue weighted by Gasteiger charge is 2.03. The summed E-state index contributed by atoms with van der Waals surface area (Å²) in [4.78, 5) is 29.0. The van der Waals surface area contributed by atoms with Crippen molar-refractivity contribution in [2.75, 3.05) is 0 Å². The first kappa shape index (κ1) is 16.6. The zero-order valence-corrected chi connectivity index (χ0v) is 11.2. The molecule has 0 atom stereocenters. The van der Waals surface area contributed by atoms with Gasteiger partial charge in [0.1, 0.15) is 0 Å². The van der Waals surface area contributed by atoms with Gasteiger partial charge in [0.05, 0.1) is 0 Å². The van der Waals surface area contributed by atoms with Crippen LogP contribution in [0.3, 0.4) is 0 Å². The van der Waals surface area contributed by atoms with Crippen molar-refractivity contribution in [3.05, 3.63) is 0 Å². The molecular formula is C13H24N2O3. The number of carbonyl (C=O) groups is 2. The van der Waals surface area contributed by atoms with E-state index in [1.165, 1.54) is 32.1 Å². The summed E-state index contributed by atoms with van der Waals surface area (Å²) in [6, 6.07) is 0. The van der Waals surface area contributed by atoms with Crippen LogP contribution in [-0.4, -0.2) is 18.7 Å². The Morgan fingerprint density at radius 1 is 1.06 bits per heavy atom. The third-order valence-corrected chi connectivity index (χ3v) is 2.64. The molecule has 0 aliphatic carbocycles. The Balaban J connectivity index is 3.25. The average Bonchev–Trinajstić information content (AvgIpc) is 2.39. The van der Waals surface area contributed by atoms with Crippen LogP contribution in [0.5, 0.6) is 0 Å². The van der Waals surface area contributed by atoms with Gasteiger partial charge in [0.25, 0.3) is 5.91 Å². The molecule has 0 aromatic heterocycles. The van der Waals surface area contributed by atoms with Crippen LogP contribution >= 0.6 is 0 Å². The first-order valence-electron chi connectivity index (χ1n) is 6.67. The summed E-state index contributed by atoms with van der Waals surface area (Å²) in [7, 11) is 0. The molecule has 18 heavy (non-hydrogen) atoms. The van der Waals surface area contributed by atoms with Crippen molar-refractivity contribution in [3.8, 4) is 0 Å². The van der Waals surface area contributed by atoms with Gasteiger partial charge >= 0.3 is 6.09 Å². The van der Waals surface area contributed by atoms with Gasteiger partial charge in [-0.05, 0) is 13.1 Å². The van der Waals surface area contributed by atoms with Gasteiger partial charge in [0.15, 0.2) is 0 Å². The van der Waals surface area contributed by atoms with Gasteiger partial charge in [-0.25, -0.2) is 4.79 Å². The van der Waals surface area contributed by atoms with Crippen LogP contribution in [0.15, 0.2) is 4.99 Å². The molecule has 0 aliphatic rings. The van der Waals surface area contributed by atoms with Gasteiger partial charge in [0.2, 0.25) is 0 Å². The molecule has 0 radical (unpaired) electrons. The van der Waals surface area contributed by atoms with Gasteiger partial charge in [-0.15, -0.1) is 0 Å². The maximum atomic E-state index is 11.2. The Labute approximate surface area is 109 Å². The molecule has 0 fully saturated rings. The molecule has 0 spiro atoms. The number of hydrogen-bond acceptors (Lipinski definition) is 3. The number of carbonyl (C=O) groups excluding carboxylic acids is 2. The molecule has 0 heterocycles. The van der Waals surface area contributed by atoms with Gasteiger partial charge < -0.3 is 4.84 Å². The van der Waals surface area contributed by atoms with Gasteiger partial charge in [0, 0.05) is 6.42 Å². The number of hydrogen-bond donors (Lipinski definition) is 1. The smallest absolute Gasteiger partial charge is 0.320 e. The predicted octanol–water partition coefficient (Wildman–Crippen LogP) is 3.39. The Morgan fingerprint density at radius 3 is 2.17 bits per heavy atom. The van der Waals surface area contributed by atoms with Crippen LogP contribution in [-0.2, 0) is 9.63 Å². The summed E-state index contributed by atoms with van der Waals surface area (Å²) in [5.41, 5.74) is 2.03. The van der Waals surface area contributed by atoms with E-state index in [4.69, 9.17) is 0 Å². The van der Waals surface area contributed by atoms with Crippen LogP contribution in [0.25, 0.3) is 0 Å². The molecule has 0 aliphatic heterocycles. The minimum absolute atomic E-state index is 0.294. The number of hydroxylamine groups is 1. The molecule has 0 bridgehead atoms. The molecule has 0 rings (SSSR count). The Bertz CT molecular complexity index is 255. The molecular weight excluding hydrogens is 232 g/mol. The Kier molecular flexibility index (Phi) is 11.1. The van der Waals surface area contributed by atoms with Crippen LogP contribution in [0, 0.1) is 0 Å². The first-order chi connectivity index (χ1) is 8.70. The molecule has 5 nitrogen and oxygen atoms in total. The standard InChI is InChI=1S/C13H24N2O3/c1-3-4-5-6-7-8-9-10-11-12(16)15-18-13(17)14-2/h2-11H2,1H3,(H,15,16). The number of nitrogens with zero attached hydrogens (tertiary/aromatic N) is 1. The fraction of sp³-hybridized carbons (Fsp3) is 0.769. The highest BCUT2D eigenvalue weighted by atomic mass is 16.7. The SMILES string of the molecule is C=NC(=O)ONC(=O)CCCCCCCCCC. The molecule has 0 aromatic carbocycles. The van der Waals surface area contributed by atoms with Crippen molar-refractivity contribution >= 4 is 18.7 Å². The number of aliphatic imine (C=N–C) groups is 1. The maximum Gasteiger partial charge on any atom is 0.457 e. The van der Waals surface area contributed by atoms with Crippen molar-refractivity contribution in [2.24, 2.45) is 4.99 Å². The quantitative estimate of drug-likeness (QED) is 0.390. The molecule has 1 N–H and O–H groups in total. The molecule has 0 unspecified atom stereocenters. The number of unbranched alkanes of at least 4 members (excludes halogenated alkanes) is 7. The van der Waals surface area contributed by atoms with E-state index < -0.39 is 6.09 Å². The lowest BCUT2D eigenvalue weighted by Crippen LogP contribution is -2.25. The van der Waals surface area contributed by atoms with Crippen LogP contribution in [0.2, 0.25) is 0 Å². The lowest BCUT2D eigenvalue weighted by atomic mass is 10.1. The average molecular weight is 256 g/mol. The molecule has 0 saturated carbocycles. The number of rotatable bonds is 9. The van der Waals surface area contributed by atoms with E-state index in [2.05, 4.69) is 23.5 Å². The Morgan fingerprint density at radius 2 is 1.61 bits per heavy atom. The van der Waals surface area contributed by atoms with Crippen LogP contribution in [0.1, 0.15) is 64.7 Å². The van der Waals surface area contributed by atoms with E-state index in [1.54, 1.807) is 0 Å². The highest BCUT2D eigenvalue weighted by Crippen LogP contribution is 2.09. The van der Waals surface area contributed by atoms with Gasteiger partial charge in [-0.2, -0.15) is 10.5 Å². The summed E-state index contributed by atoms with van der Waals surface area (Å²) < 4.78 is 0. The molecule has 0 aromatic rings. The number of amides is 2. The normalized spacial score (nSPS) is 9.83. The lowest BCUT2D eigenvalue weighted by molar-refractivity contribution is -0.129. The minimum Gasteiger partial charge on any atom is -0.320 e. The zero-order chi connectivity index (χ0) is 13.6. The topological polar surface area (TPSA) is 67.8 Å². The van der Waals surface area contributed by atoms with Gasteiger partial charge in [-0.1, -0.05) is 51.9 Å². The third-order valence-electron chi connectivity index (χ3n) is 2.64. The van der Waals surface area contributed by atoms with Gasteiger partial charge in [-0.3, -0.25) is 4.79 Å². The second-order valence-electron chi connectivity index (χ2n) is 4.28. The summed E-state index contributed by atoms with van der Waals surface area (Å²) >= 11 is 0. The van der Waals surface area contributed by atoms with E-state index in [-0.39, 0.29) is 5.91 Å². The summed E-state index contributed by atoms with van der Waals surface area (Å²) in [6.45, 7) is 5.18. The van der Waals surface area contributed by atoms with Crippen molar-refractivity contribution in [1.29, 1.82) is 0 Å². The molecule has 5 heteroatoms. The molecule has 0 saturated heterocycles. The fourth-order valence-corrected chi connectivity index (χ4v) is 1.60. The monoisotopic (exact) mass is 256 g/mol. The fourth-order valence-electron chi connectivity index (χ4n) is 1.60. The molecule has 2 amide bonds. The van der Waals surface area contributed by atoms with E-state index in [0.29, 0.717) is 6.42 Å². The molecule has 104 valence electrons. The van der Waals surface area contributed by atoms with E-state index in [0.717, 1.165) is 19.3 Å². The summed E-state index contributed by atoms with van der Waals surface area (Å²) in [5.74, 6) is -0.294. The summed E-state index contributed by atoms with van der Waals surface area (Å²) in [5, 5.41) is 0. The van der Waals surface area contributed by atoms with Crippen molar-refractivity contribution < 1.29 is 14.4 Å². The second kappa shape index (κ2) is 12.1. The summed E-state index contributed by atoms with van der Waals surface area (Å²) in [6.07, 6.45) is 8.89. The van der Waals surface area contributed by atoms with Crippen molar-refractivity contribution in [2.45, 2.75) is 64.7 Å². The van der Waals surface area contributed by atoms with E-state index >= 15 is 0 Å².